The molecule has 22 heavy (non-hydrogen) atoms. The molecule has 0 radical (unpaired) electrons. The molecule has 0 atom stereocenters. The van der Waals surface area contributed by atoms with Gasteiger partial charge in [-0.25, -0.2) is 9.97 Å². The first kappa shape index (κ1) is 17.4. The van der Waals surface area contributed by atoms with E-state index in [0.29, 0.717) is 11.8 Å². The Kier molecular flexibility index (Phi) is 4.45. The van der Waals surface area contributed by atoms with Crippen molar-refractivity contribution in [2.75, 3.05) is 6.61 Å². The van der Waals surface area contributed by atoms with Crippen molar-refractivity contribution in [3.8, 4) is 0 Å². The van der Waals surface area contributed by atoms with Gasteiger partial charge in [0.2, 0.25) is 0 Å². The lowest BCUT2D eigenvalue weighted by Crippen LogP contribution is -2.45. The van der Waals surface area contributed by atoms with Crippen molar-refractivity contribution < 1.29 is 4.43 Å². The summed E-state index contributed by atoms with van der Waals surface area (Å²) < 4.78 is 8.53. The third-order valence-corrected chi connectivity index (χ3v) is 9.46. The van der Waals surface area contributed by atoms with Crippen LogP contribution in [0.15, 0.2) is 18.6 Å². The zero-order valence-corrected chi connectivity index (χ0v) is 16.3. The molecule has 0 spiro atoms. The zero-order valence-electron chi connectivity index (χ0n) is 14.6. The van der Waals surface area contributed by atoms with Gasteiger partial charge in [-0.2, -0.15) is 0 Å². The molecule has 2 aromatic heterocycles. The molecule has 2 rings (SSSR count). The normalized spacial score (nSPS) is 13.8. The van der Waals surface area contributed by atoms with Crippen molar-refractivity contribution in [1.82, 2.24) is 14.5 Å². The van der Waals surface area contributed by atoms with Crippen LogP contribution in [0.2, 0.25) is 23.3 Å². The molecular formula is C16H26ClN3OSi. The highest BCUT2D eigenvalue weighted by Crippen LogP contribution is 2.37. The summed E-state index contributed by atoms with van der Waals surface area (Å²) >= 11 is 6.14. The molecule has 2 aromatic rings. The minimum atomic E-state index is -1.78. The van der Waals surface area contributed by atoms with Crippen LogP contribution < -0.4 is 0 Å². The summed E-state index contributed by atoms with van der Waals surface area (Å²) in [5.74, 6) is 0. The summed E-state index contributed by atoms with van der Waals surface area (Å²) in [5, 5.41) is 1.57. The third kappa shape index (κ3) is 3.21. The van der Waals surface area contributed by atoms with Gasteiger partial charge in [-0.1, -0.05) is 32.4 Å². The monoisotopic (exact) mass is 339 g/mol. The van der Waals surface area contributed by atoms with E-state index in [0.717, 1.165) is 11.0 Å². The number of aromatic nitrogens is 3. The summed E-state index contributed by atoms with van der Waals surface area (Å²) in [5.41, 5.74) is 0.651. The van der Waals surface area contributed by atoms with E-state index in [-0.39, 0.29) is 10.6 Å². The van der Waals surface area contributed by atoms with Crippen molar-refractivity contribution in [1.29, 1.82) is 0 Å². The first-order valence-corrected chi connectivity index (χ1v) is 10.9. The van der Waals surface area contributed by atoms with Crippen LogP contribution in [0.3, 0.4) is 0 Å². The predicted octanol–water partition coefficient (Wildman–Crippen LogP) is 4.84. The lowest BCUT2D eigenvalue weighted by atomic mass is 10.1. The average Bonchev–Trinajstić information content (AvgIpc) is 2.81. The Morgan fingerprint density at radius 3 is 2.41 bits per heavy atom. The molecule has 0 N–H and O–H groups in total. The van der Waals surface area contributed by atoms with E-state index < -0.39 is 8.32 Å². The first-order chi connectivity index (χ1) is 9.96. The molecule has 0 fully saturated rings. The fourth-order valence-corrected chi connectivity index (χ4v) is 3.39. The minimum Gasteiger partial charge on any atom is -0.414 e. The van der Waals surface area contributed by atoms with E-state index in [1.54, 1.807) is 0 Å². The second kappa shape index (κ2) is 5.62. The van der Waals surface area contributed by atoms with Crippen molar-refractivity contribution in [3.63, 3.8) is 0 Å². The van der Waals surface area contributed by atoms with Gasteiger partial charge < -0.3 is 8.99 Å². The number of fused-ring (bicyclic) bond motifs is 1. The second-order valence-corrected chi connectivity index (χ2v) is 13.1. The summed E-state index contributed by atoms with van der Waals surface area (Å²) in [6, 6.07) is 1.96. The van der Waals surface area contributed by atoms with Gasteiger partial charge in [0.15, 0.2) is 8.32 Å². The van der Waals surface area contributed by atoms with E-state index in [1.165, 1.54) is 6.33 Å². The minimum absolute atomic E-state index is 0.199. The molecule has 0 saturated carbocycles. The molecule has 0 amide bonds. The van der Waals surface area contributed by atoms with Crippen molar-refractivity contribution in [2.45, 2.75) is 58.3 Å². The average molecular weight is 340 g/mol. The van der Waals surface area contributed by atoms with Gasteiger partial charge in [0.05, 0.1) is 17.5 Å². The van der Waals surface area contributed by atoms with Crippen LogP contribution in [-0.4, -0.2) is 29.5 Å². The first-order valence-electron chi connectivity index (χ1n) is 7.58. The van der Waals surface area contributed by atoms with Gasteiger partial charge >= 0.3 is 0 Å². The number of halogens is 1. The number of rotatable bonds is 4. The lowest BCUT2D eigenvalue weighted by molar-refractivity contribution is 0.172. The maximum atomic E-state index is 6.40. The Bertz CT molecular complexity index is 674. The standard InChI is InChI=1S/C16H26ClN3OSi/c1-15(2,3)22(6,7)21-10-16(4,5)20-9-8-12-13(17)18-11-19-14(12)20/h8-9,11H,10H2,1-7H3. The van der Waals surface area contributed by atoms with Gasteiger partial charge in [0.1, 0.15) is 17.1 Å². The fourth-order valence-electron chi connectivity index (χ4n) is 2.05. The van der Waals surface area contributed by atoms with Gasteiger partial charge in [0, 0.05) is 6.20 Å². The number of nitrogens with zero attached hydrogens (tertiary/aromatic N) is 3. The molecule has 0 saturated heterocycles. The fraction of sp³-hybridized carbons (Fsp3) is 0.625. The summed E-state index contributed by atoms with van der Waals surface area (Å²) in [6.07, 6.45) is 3.52. The Morgan fingerprint density at radius 2 is 1.82 bits per heavy atom. The Hall–Kier alpha value is -0.913. The topological polar surface area (TPSA) is 39.9 Å². The Balaban J connectivity index is 2.28. The van der Waals surface area contributed by atoms with E-state index in [4.69, 9.17) is 16.0 Å². The van der Waals surface area contributed by atoms with Crippen LogP contribution >= 0.6 is 11.6 Å². The van der Waals surface area contributed by atoms with Crippen LogP contribution in [0.4, 0.5) is 0 Å². The maximum Gasteiger partial charge on any atom is 0.192 e. The summed E-state index contributed by atoms with van der Waals surface area (Å²) in [6.45, 7) is 16.3. The van der Waals surface area contributed by atoms with Gasteiger partial charge in [0.25, 0.3) is 0 Å². The summed E-state index contributed by atoms with van der Waals surface area (Å²) in [7, 11) is -1.78. The maximum absolute atomic E-state index is 6.40. The van der Waals surface area contributed by atoms with Crippen molar-refractivity contribution in [3.05, 3.63) is 23.7 Å². The van der Waals surface area contributed by atoms with Gasteiger partial charge in [-0.05, 0) is 38.0 Å². The molecule has 122 valence electrons. The van der Waals surface area contributed by atoms with E-state index >= 15 is 0 Å². The van der Waals surface area contributed by atoms with Crippen LogP contribution in [0.5, 0.6) is 0 Å². The van der Waals surface area contributed by atoms with Crippen LogP contribution in [0.25, 0.3) is 11.0 Å². The van der Waals surface area contributed by atoms with Crippen LogP contribution in [0.1, 0.15) is 34.6 Å². The molecule has 0 bridgehead atoms. The number of hydrogen-bond donors (Lipinski definition) is 0. The van der Waals surface area contributed by atoms with Crippen LogP contribution in [-0.2, 0) is 9.96 Å². The lowest BCUT2D eigenvalue weighted by Gasteiger charge is -2.39. The smallest absolute Gasteiger partial charge is 0.192 e. The summed E-state index contributed by atoms with van der Waals surface area (Å²) in [4.78, 5) is 8.42. The van der Waals surface area contributed by atoms with E-state index in [1.807, 2.05) is 12.3 Å². The third-order valence-electron chi connectivity index (χ3n) is 4.68. The predicted molar refractivity (Wildman–Crippen MR) is 95.0 cm³/mol. The largest absolute Gasteiger partial charge is 0.414 e. The number of hydrogen-bond acceptors (Lipinski definition) is 3. The highest BCUT2D eigenvalue weighted by molar-refractivity contribution is 6.74. The molecule has 0 unspecified atom stereocenters. The van der Waals surface area contributed by atoms with E-state index in [2.05, 4.69) is 62.2 Å². The molecule has 6 heteroatoms. The van der Waals surface area contributed by atoms with Crippen molar-refractivity contribution >= 4 is 31.0 Å². The van der Waals surface area contributed by atoms with Crippen molar-refractivity contribution in [2.24, 2.45) is 0 Å². The van der Waals surface area contributed by atoms with E-state index in [9.17, 15) is 0 Å². The molecule has 0 aliphatic heterocycles. The molecule has 2 heterocycles. The van der Waals surface area contributed by atoms with Gasteiger partial charge in [-0.15, -0.1) is 0 Å². The Morgan fingerprint density at radius 1 is 1.18 bits per heavy atom. The van der Waals surface area contributed by atoms with Crippen LogP contribution in [0, 0.1) is 0 Å². The quantitative estimate of drug-likeness (QED) is 0.591. The SMILES string of the molecule is CC(C)(CO[Si](C)(C)C(C)(C)C)n1ccc2c(Cl)ncnc21. The molecule has 0 aromatic carbocycles. The zero-order chi connectivity index (χ0) is 16.8. The Labute approximate surface area is 139 Å². The molecular weight excluding hydrogens is 314 g/mol. The molecule has 0 aliphatic carbocycles. The highest BCUT2D eigenvalue weighted by atomic mass is 35.5. The molecule has 4 nitrogen and oxygen atoms in total. The van der Waals surface area contributed by atoms with Gasteiger partial charge in [-0.3, -0.25) is 0 Å². The second-order valence-electron chi connectivity index (χ2n) is 7.95. The highest BCUT2D eigenvalue weighted by Gasteiger charge is 2.39. The molecule has 0 aliphatic rings.